The van der Waals surface area contributed by atoms with Crippen LogP contribution in [0.5, 0.6) is 0 Å². The molecule has 0 bridgehead atoms. The number of carboxylic acids is 1. The van der Waals surface area contributed by atoms with Gasteiger partial charge >= 0.3 is 5.97 Å². The van der Waals surface area contributed by atoms with Crippen molar-refractivity contribution in [2.75, 3.05) is 0 Å². The first-order chi connectivity index (χ1) is 8.24. The van der Waals surface area contributed by atoms with Gasteiger partial charge in [0.25, 0.3) is 0 Å². The molecule has 2 aromatic heterocycles. The highest BCUT2D eigenvalue weighted by atomic mass is 16.4. The van der Waals surface area contributed by atoms with E-state index in [1.807, 2.05) is 22.9 Å². The highest BCUT2D eigenvalue weighted by Gasteiger charge is 2.02. The van der Waals surface area contributed by atoms with Crippen molar-refractivity contribution in [3.8, 4) is 0 Å². The van der Waals surface area contributed by atoms with E-state index < -0.39 is 5.97 Å². The molecule has 2 rings (SSSR count). The van der Waals surface area contributed by atoms with Gasteiger partial charge in [0.1, 0.15) is 0 Å². The van der Waals surface area contributed by atoms with Crippen LogP contribution in [0.1, 0.15) is 17.7 Å². The van der Waals surface area contributed by atoms with Crippen LogP contribution in [0.4, 0.5) is 0 Å². The maximum absolute atomic E-state index is 10.4. The molecule has 0 aromatic carbocycles. The molecule has 5 nitrogen and oxygen atoms in total. The average Bonchev–Trinajstić information content (AvgIpc) is 2.75. The fourth-order valence-electron chi connectivity index (χ4n) is 1.56. The predicted octanol–water partition coefficient (Wildman–Crippen LogP) is 1.34. The second-order valence-corrected chi connectivity index (χ2v) is 3.79. The lowest BCUT2D eigenvalue weighted by molar-refractivity contribution is -0.136. The van der Waals surface area contributed by atoms with Gasteiger partial charge in [-0.15, -0.1) is 0 Å². The minimum Gasteiger partial charge on any atom is -0.481 e. The molecule has 0 aliphatic rings. The lowest BCUT2D eigenvalue weighted by Crippen LogP contribution is -1.98. The Morgan fingerprint density at radius 3 is 2.82 bits per heavy atom. The first-order valence-electron chi connectivity index (χ1n) is 5.35. The topological polar surface area (TPSA) is 68.0 Å². The molecule has 0 fully saturated rings. The predicted molar refractivity (Wildman–Crippen MR) is 61.5 cm³/mol. The Kier molecular flexibility index (Phi) is 3.49. The Morgan fingerprint density at radius 1 is 1.35 bits per heavy atom. The summed E-state index contributed by atoms with van der Waals surface area (Å²) in [5.74, 6) is -0.798. The molecule has 0 saturated heterocycles. The standard InChI is InChI=1S/C12H13N3O2/c16-12(17)2-1-11-8-15(9-14-11)7-10-3-5-13-6-4-10/h3-6,8-9H,1-2,7H2,(H,16,17). The van der Waals surface area contributed by atoms with Gasteiger partial charge < -0.3 is 9.67 Å². The van der Waals surface area contributed by atoms with E-state index in [2.05, 4.69) is 9.97 Å². The van der Waals surface area contributed by atoms with Crippen molar-refractivity contribution in [1.82, 2.24) is 14.5 Å². The summed E-state index contributed by atoms with van der Waals surface area (Å²) in [4.78, 5) is 18.5. The van der Waals surface area contributed by atoms with Gasteiger partial charge in [0.2, 0.25) is 0 Å². The normalized spacial score (nSPS) is 10.4. The fraction of sp³-hybridized carbons (Fsp3) is 0.250. The number of hydrogen-bond acceptors (Lipinski definition) is 3. The second-order valence-electron chi connectivity index (χ2n) is 3.79. The van der Waals surface area contributed by atoms with Crippen LogP contribution in [-0.4, -0.2) is 25.6 Å². The van der Waals surface area contributed by atoms with Crippen molar-refractivity contribution in [3.63, 3.8) is 0 Å². The summed E-state index contributed by atoms with van der Waals surface area (Å²) < 4.78 is 1.94. The average molecular weight is 231 g/mol. The van der Waals surface area contributed by atoms with E-state index in [1.54, 1.807) is 18.7 Å². The summed E-state index contributed by atoms with van der Waals surface area (Å²) >= 11 is 0. The summed E-state index contributed by atoms with van der Waals surface area (Å²) in [6.45, 7) is 0.725. The summed E-state index contributed by atoms with van der Waals surface area (Å²) in [6, 6.07) is 3.88. The van der Waals surface area contributed by atoms with Gasteiger partial charge in [0.05, 0.1) is 18.4 Å². The van der Waals surface area contributed by atoms with Crippen molar-refractivity contribution < 1.29 is 9.90 Å². The molecule has 0 aliphatic heterocycles. The van der Waals surface area contributed by atoms with Gasteiger partial charge in [0.15, 0.2) is 0 Å². The number of carbonyl (C=O) groups is 1. The summed E-state index contributed by atoms with van der Waals surface area (Å²) in [7, 11) is 0. The molecular weight excluding hydrogens is 218 g/mol. The van der Waals surface area contributed by atoms with E-state index in [9.17, 15) is 4.79 Å². The molecule has 0 atom stereocenters. The van der Waals surface area contributed by atoms with Crippen LogP contribution in [0.15, 0.2) is 37.1 Å². The number of rotatable bonds is 5. The molecule has 2 aromatic rings. The van der Waals surface area contributed by atoms with E-state index in [0.717, 1.165) is 17.8 Å². The van der Waals surface area contributed by atoms with Crippen LogP contribution in [0.3, 0.4) is 0 Å². The van der Waals surface area contributed by atoms with E-state index >= 15 is 0 Å². The number of aromatic nitrogens is 3. The largest absolute Gasteiger partial charge is 0.481 e. The van der Waals surface area contributed by atoms with E-state index in [1.165, 1.54) is 0 Å². The van der Waals surface area contributed by atoms with Crippen LogP contribution >= 0.6 is 0 Å². The molecule has 2 heterocycles. The molecule has 0 aliphatic carbocycles. The Labute approximate surface area is 98.8 Å². The number of nitrogens with zero attached hydrogens (tertiary/aromatic N) is 3. The molecule has 0 radical (unpaired) electrons. The van der Waals surface area contributed by atoms with Crippen molar-refractivity contribution in [3.05, 3.63) is 48.3 Å². The molecular formula is C12H13N3O2. The highest BCUT2D eigenvalue weighted by molar-refractivity contribution is 5.66. The Bertz CT molecular complexity index is 493. The van der Waals surface area contributed by atoms with E-state index in [0.29, 0.717) is 6.42 Å². The number of carboxylic acid groups (broad SMARTS) is 1. The molecule has 1 N–H and O–H groups in total. The highest BCUT2D eigenvalue weighted by Crippen LogP contribution is 2.04. The summed E-state index contributed by atoms with van der Waals surface area (Å²) in [6.07, 6.45) is 7.68. The zero-order valence-corrected chi connectivity index (χ0v) is 9.28. The lowest BCUT2D eigenvalue weighted by Gasteiger charge is -2.00. The number of pyridine rings is 1. The maximum Gasteiger partial charge on any atom is 0.303 e. The van der Waals surface area contributed by atoms with Crippen LogP contribution in [-0.2, 0) is 17.8 Å². The minimum absolute atomic E-state index is 0.117. The Morgan fingerprint density at radius 2 is 2.12 bits per heavy atom. The summed E-state index contributed by atoms with van der Waals surface area (Å²) in [5.41, 5.74) is 1.95. The van der Waals surface area contributed by atoms with Crippen molar-refractivity contribution in [1.29, 1.82) is 0 Å². The van der Waals surface area contributed by atoms with Crippen LogP contribution < -0.4 is 0 Å². The number of aryl methyl sites for hydroxylation is 1. The zero-order valence-electron chi connectivity index (χ0n) is 9.28. The van der Waals surface area contributed by atoms with Crippen LogP contribution in [0, 0.1) is 0 Å². The minimum atomic E-state index is -0.798. The van der Waals surface area contributed by atoms with Crippen molar-refractivity contribution in [2.45, 2.75) is 19.4 Å². The third kappa shape index (κ3) is 3.41. The van der Waals surface area contributed by atoms with Crippen LogP contribution in [0.25, 0.3) is 0 Å². The van der Waals surface area contributed by atoms with Crippen molar-refractivity contribution >= 4 is 5.97 Å². The van der Waals surface area contributed by atoms with Crippen LogP contribution in [0.2, 0.25) is 0 Å². The maximum atomic E-state index is 10.4. The zero-order chi connectivity index (χ0) is 12.1. The Hall–Kier alpha value is -2.17. The van der Waals surface area contributed by atoms with Gasteiger partial charge in [0, 0.05) is 31.6 Å². The van der Waals surface area contributed by atoms with Gasteiger partial charge in [-0.05, 0) is 17.7 Å². The molecule has 0 spiro atoms. The third-order valence-electron chi connectivity index (χ3n) is 2.40. The monoisotopic (exact) mass is 231 g/mol. The van der Waals surface area contributed by atoms with Gasteiger partial charge in [-0.25, -0.2) is 4.98 Å². The lowest BCUT2D eigenvalue weighted by atomic mass is 10.2. The first-order valence-corrected chi connectivity index (χ1v) is 5.35. The van der Waals surface area contributed by atoms with Crippen molar-refractivity contribution in [2.24, 2.45) is 0 Å². The Balaban J connectivity index is 1.97. The quantitative estimate of drug-likeness (QED) is 0.843. The smallest absolute Gasteiger partial charge is 0.303 e. The van der Waals surface area contributed by atoms with E-state index in [4.69, 9.17) is 5.11 Å². The van der Waals surface area contributed by atoms with Gasteiger partial charge in [-0.1, -0.05) is 0 Å². The first kappa shape index (κ1) is 11.3. The fourth-order valence-corrected chi connectivity index (χ4v) is 1.56. The SMILES string of the molecule is O=C(O)CCc1cn(Cc2ccncc2)cn1. The van der Waals surface area contributed by atoms with Gasteiger partial charge in [-0.2, -0.15) is 0 Å². The molecule has 0 amide bonds. The molecule has 0 saturated carbocycles. The molecule has 0 unspecified atom stereocenters. The molecule has 5 heteroatoms. The summed E-state index contributed by atoms with van der Waals surface area (Å²) in [5, 5.41) is 8.58. The number of aliphatic carboxylic acids is 1. The number of hydrogen-bond donors (Lipinski definition) is 1. The van der Waals surface area contributed by atoms with E-state index in [-0.39, 0.29) is 6.42 Å². The third-order valence-corrected chi connectivity index (χ3v) is 2.40. The van der Waals surface area contributed by atoms with Gasteiger partial charge in [-0.3, -0.25) is 9.78 Å². The second kappa shape index (κ2) is 5.25. The molecule has 17 heavy (non-hydrogen) atoms. The molecule has 88 valence electrons. The number of imidazole rings is 1.